The fourth-order valence-corrected chi connectivity index (χ4v) is 3.08. The molecule has 1 aromatic rings. The summed E-state index contributed by atoms with van der Waals surface area (Å²) in [7, 11) is 2.14. The molecule has 1 aliphatic heterocycles. The van der Waals surface area contributed by atoms with Crippen LogP contribution in [-0.4, -0.2) is 35.7 Å². The third-order valence-electron chi connectivity index (χ3n) is 3.56. The maximum absolute atomic E-state index is 10.5. The molecular formula is C13H21NOS. The van der Waals surface area contributed by atoms with Gasteiger partial charge >= 0.3 is 0 Å². The SMILES string of the molecule is CN1CCCC(O)(CCc2cccs2)CC1. The molecule has 3 heteroatoms. The molecule has 0 amide bonds. The fourth-order valence-electron chi connectivity index (χ4n) is 2.37. The monoisotopic (exact) mass is 239 g/mol. The van der Waals surface area contributed by atoms with Crippen molar-refractivity contribution < 1.29 is 5.11 Å². The van der Waals surface area contributed by atoms with Gasteiger partial charge < -0.3 is 10.0 Å². The second kappa shape index (κ2) is 5.30. The van der Waals surface area contributed by atoms with Crippen LogP contribution in [0.3, 0.4) is 0 Å². The number of nitrogens with zero attached hydrogens (tertiary/aromatic N) is 1. The van der Waals surface area contributed by atoms with E-state index in [0.29, 0.717) is 0 Å². The summed E-state index contributed by atoms with van der Waals surface area (Å²) in [5.74, 6) is 0. The third-order valence-corrected chi connectivity index (χ3v) is 4.49. The van der Waals surface area contributed by atoms with Gasteiger partial charge in [0.05, 0.1) is 5.60 Å². The van der Waals surface area contributed by atoms with Gasteiger partial charge in [0.1, 0.15) is 0 Å². The van der Waals surface area contributed by atoms with Crippen LogP contribution in [0.15, 0.2) is 17.5 Å². The topological polar surface area (TPSA) is 23.5 Å². The second-order valence-corrected chi connectivity index (χ2v) is 5.99. The van der Waals surface area contributed by atoms with Crippen LogP contribution in [0, 0.1) is 0 Å². The largest absolute Gasteiger partial charge is 0.390 e. The number of rotatable bonds is 3. The molecule has 2 heterocycles. The van der Waals surface area contributed by atoms with E-state index in [1.165, 1.54) is 4.88 Å². The van der Waals surface area contributed by atoms with Gasteiger partial charge in [-0.25, -0.2) is 0 Å². The standard InChI is InChI=1S/C13H21NOS/c1-14-9-3-6-13(15,8-10-14)7-5-12-4-2-11-16-12/h2,4,11,15H,3,5-10H2,1H3. The molecule has 1 atom stereocenters. The first-order chi connectivity index (χ1) is 7.68. The summed E-state index contributed by atoms with van der Waals surface area (Å²) >= 11 is 1.79. The fraction of sp³-hybridized carbons (Fsp3) is 0.692. The number of thiophene rings is 1. The predicted molar refractivity (Wildman–Crippen MR) is 68.9 cm³/mol. The quantitative estimate of drug-likeness (QED) is 0.876. The maximum Gasteiger partial charge on any atom is 0.0664 e. The molecule has 0 saturated carbocycles. The molecule has 0 bridgehead atoms. The minimum atomic E-state index is -0.422. The van der Waals surface area contributed by atoms with Crippen LogP contribution < -0.4 is 0 Å². The van der Waals surface area contributed by atoms with Gasteiger partial charge in [-0.2, -0.15) is 0 Å². The first-order valence-corrected chi connectivity index (χ1v) is 6.99. The molecule has 1 fully saturated rings. The van der Waals surface area contributed by atoms with Crippen molar-refractivity contribution in [3.05, 3.63) is 22.4 Å². The van der Waals surface area contributed by atoms with Crippen LogP contribution in [0.5, 0.6) is 0 Å². The van der Waals surface area contributed by atoms with Crippen LogP contribution in [0.2, 0.25) is 0 Å². The molecule has 0 radical (unpaired) electrons. The average molecular weight is 239 g/mol. The Morgan fingerprint density at radius 1 is 1.44 bits per heavy atom. The summed E-state index contributed by atoms with van der Waals surface area (Å²) in [6.07, 6.45) is 4.95. The smallest absolute Gasteiger partial charge is 0.0664 e. The van der Waals surface area contributed by atoms with Gasteiger partial charge in [-0.1, -0.05) is 6.07 Å². The van der Waals surface area contributed by atoms with Crippen molar-refractivity contribution in [1.82, 2.24) is 4.90 Å². The van der Waals surface area contributed by atoms with Crippen LogP contribution in [0.1, 0.15) is 30.6 Å². The highest BCUT2D eigenvalue weighted by Gasteiger charge is 2.28. The van der Waals surface area contributed by atoms with Gasteiger partial charge in [0.2, 0.25) is 0 Å². The Morgan fingerprint density at radius 2 is 2.31 bits per heavy atom. The lowest BCUT2D eigenvalue weighted by atomic mass is 9.89. The molecule has 0 aromatic carbocycles. The van der Waals surface area contributed by atoms with E-state index in [9.17, 15) is 5.11 Å². The average Bonchev–Trinajstić information content (AvgIpc) is 2.71. The van der Waals surface area contributed by atoms with Gasteiger partial charge in [0.15, 0.2) is 0 Å². The van der Waals surface area contributed by atoms with Crippen LogP contribution >= 0.6 is 11.3 Å². The summed E-state index contributed by atoms with van der Waals surface area (Å²) in [5, 5.41) is 12.7. The summed E-state index contributed by atoms with van der Waals surface area (Å²) in [5.41, 5.74) is -0.422. The van der Waals surface area contributed by atoms with E-state index in [4.69, 9.17) is 0 Å². The molecule has 1 unspecified atom stereocenters. The minimum Gasteiger partial charge on any atom is -0.390 e. The summed E-state index contributed by atoms with van der Waals surface area (Å²) < 4.78 is 0. The van der Waals surface area contributed by atoms with Crippen molar-refractivity contribution in [2.24, 2.45) is 0 Å². The number of aliphatic hydroxyl groups is 1. The Balaban J connectivity index is 1.87. The van der Waals surface area contributed by atoms with Gasteiger partial charge in [0, 0.05) is 11.4 Å². The predicted octanol–water partition coefficient (Wildman–Crippen LogP) is 2.53. The highest BCUT2D eigenvalue weighted by molar-refractivity contribution is 7.09. The number of likely N-dealkylation sites (tertiary alicyclic amines) is 1. The molecule has 16 heavy (non-hydrogen) atoms. The summed E-state index contributed by atoms with van der Waals surface area (Å²) in [6, 6.07) is 4.25. The van der Waals surface area contributed by atoms with E-state index < -0.39 is 5.60 Å². The minimum absolute atomic E-state index is 0.422. The van der Waals surface area contributed by atoms with Crippen molar-refractivity contribution in [2.45, 2.75) is 37.7 Å². The molecular weight excluding hydrogens is 218 g/mol. The lowest BCUT2D eigenvalue weighted by molar-refractivity contribution is 0.0180. The molecule has 0 aliphatic carbocycles. The lowest BCUT2D eigenvalue weighted by Gasteiger charge is -2.26. The van der Waals surface area contributed by atoms with Gasteiger partial charge in [-0.15, -0.1) is 11.3 Å². The molecule has 1 N–H and O–H groups in total. The summed E-state index contributed by atoms with van der Waals surface area (Å²) in [6.45, 7) is 2.16. The summed E-state index contributed by atoms with van der Waals surface area (Å²) in [4.78, 5) is 3.72. The zero-order chi connectivity index (χ0) is 11.4. The highest BCUT2D eigenvalue weighted by atomic mass is 32.1. The second-order valence-electron chi connectivity index (χ2n) is 4.96. The first-order valence-electron chi connectivity index (χ1n) is 6.11. The molecule has 90 valence electrons. The number of hydrogen-bond donors (Lipinski definition) is 1. The zero-order valence-electron chi connectivity index (χ0n) is 9.98. The van der Waals surface area contributed by atoms with Crippen molar-refractivity contribution in [1.29, 1.82) is 0 Å². The van der Waals surface area contributed by atoms with Gasteiger partial charge in [0.25, 0.3) is 0 Å². The Labute approximate surface area is 102 Å². The Kier molecular flexibility index (Phi) is 4.00. The Morgan fingerprint density at radius 3 is 3.06 bits per heavy atom. The molecule has 0 spiro atoms. The number of aryl methyl sites for hydroxylation is 1. The van der Waals surface area contributed by atoms with Crippen molar-refractivity contribution in [3.63, 3.8) is 0 Å². The maximum atomic E-state index is 10.5. The van der Waals surface area contributed by atoms with Gasteiger partial charge in [-0.05, 0) is 57.1 Å². The van der Waals surface area contributed by atoms with E-state index in [-0.39, 0.29) is 0 Å². The molecule has 1 saturated heterocycles. The first kappa shape index (κ1) is 12.1. The molecule has 2 nitrogen and oxygen atoms in total. The van der Waals surface area contributed by atoms with E-state index in [0.717, 1.165) is 45.2 Å². The molecule has 1 aliphatic rings. The van der Waals surface area contributed by atoms with E-state index in [2.05, 4.69) is 29.5 Å². The van der Waals surface area contributed by atoms with Crippen LogP contribution in [-0.2, 0) is 6.42 Å². The van der Waals surface area contributed by atoms with Crippen LogP contribution in [0.4, 0.5) is 0 Å². The molecule has 2 rings (SSSR count). The lowest BCUT2D eigenvalue weighted by Crippen LogP contribution is -2.30. The number of hydrogen-bond acceptors (Lipinski definition) is 3. The van der Waals surface area contributed by atoms with E-state index in [1.807, 2.05) is 0 Å². The van der Waals surface area contributed by atoms with Crippen molar-refractivity contribution in [2.75, 3.05) is 20.1 Å². The Bertz CT molecular complexity index is 312. The van der Waals surface area contributed by atoms with E-state index >= 15 is 0 Å². The Hall–Kier alpha value is -0.380. The zero-order valence-corrected chi connectivity index (χ0v) is 10.8. The highest BCUT2D eigenvalue weighted by Crippen LogP contribution is 2.27. The third kappa shape index (κ3) is 3.30. The van der Waals surface area contributed by atoms with Crippen molar-refractivity contribution >= 4 is 11.3 Å². The molecule has 1 aromatic heterocycles. The van der Waals surface area contributed by atoms with Gasteiger partial charge in [-0.3, -0.25) is 0 Å². The van der Waals surface area contributed by atoms with Crippen molar-refractivity contribution in [3.8, 4) is 0 Å². The van der Waals surface area contributed by atoms with Crippen LogP contribution in [0.25, 0.3) is 0 Å². The van der Waals surface area contributed by atoms with E-state index in [1.54, 1.807) is 11.3 Å². The normalized spacial score (nSPS) is 27.9.